The van der Waals surface area contributed by atoms with Crippen molar-refractivity contribution in [2.45, 2.75) is 136 Å². The number of nitrogens with one attached hydrogen (secondary N) is 5. The Kier molecular flexibility index (Phi) is 19.9. The van der Waals surface area contributed by atoms with Gasteiger partial charge in [-0.2, -0.15) is 0 Å². The Morgan fingerprint density at radius 2 is 1.73 bits per heavy atom. The van der Waals surface area contributed by atoms with Crippen molar-refractivity contribution in [1.82, 2.24) is 60.7 Å². The van der Waals surface area contributed by atoms with Crippen molar-refractivity contribution in [3.05, 3.63) is 80.2 Å². The fourth-order valence-electron chi connectivity index (χ4n) is 10.2. The lowest BCUT2D eigenvalue weighted by Crippen LogP contribution is -2.56. The van der Waals surface area contributed by atoms with E-state index in [9.17, 15) is 33.9 Å². The molecule has 1 aromatic carbocycles. The minimum atomic E-state index is -1.98. The molecule has 3 atom stereocenters. The third kappa shape index (κ3) is 13.9. The quantitative estimate of drug-likeness (QED) is 0.0157. The molecule has 4 amide bonds. The van der Waals surface area contributed by atoms with E-state index >= 15 is 0 Å². The first kappa shape index (κ1) is 58.7. The molecule has 3 aliphatic heterocycles. The number of nitrogens with zero attached hydrogens (tertiary/aromatic N) is 7. The number of ether oxygens (including phenoxy) is 4. The average molecular weight is 1120 g/mol. The molecule has 80 heavy (non-hydrogen) atoms. The van der Waals surface area contributed by atoms with E-state index < -0.39 is 41.4 Å². The number of aromatic amines is 1. The summed E-state index contributed by atoms with van der Waals surface area (Å²) in [6, 6.07) is 3.39. The number of rotatable bonds is 29. The number of H-pyrrole nitrogens is 1. The number of hydrogen-bond acceptors (Lipinski definition) is 17. The van der Waals surface area contributed by atoms with E-state index in [0.29, 0.717) is 64.7 Å². The largest absolute Gasteiger partial charge is 0.458 e. The van der Waals surface area contributed by atoms with Gasteiger partial charge < -0.3 is 59.8 Å². The minimum Gasteiger partial charge on any atom is -0.458 e. The first-order valence-corrected chi connectivity index (χ1v) is 28.0. The maximum atomic E-state index is 13.9. The van der Waals surface area contributed by atoms with Gasteiger partial charge in [0.1, 0.15) is 31.1 Å². The van der Waals surface area contributed by atoms with Crippen LogP contribution in [0.2, 0.25) is 0 Å². The number of hydrogen-bond donors (Lipinski definition) is 6. The molecule has 428 valence electrons. The third-order valence-corrected chi connectivity index (χ3v) is 14.7. The Morgan fingerprint density at radius 1 is 0.938 bits per heavy atom. The van der Waals surface area contributed by atoms with Gasteiger partial charge in [0.25, 0.3) is 5.56 Å². The molecule has 23 nitrogen and oxygen atoms in total. The van der Waals surface area contributed by atoms with Crippen molar-refractivity contribution in [2.24, 2.45) is 5.92 Å². The van der Waals surface area contributed by atoms with Crippen LogP contribution in [-0.2, 0) is 58.7 Å². The summed E-state index contributed by atoms with van der Waals surface area (Å²) in [4.78, 5) is 95.0. The van der Waals surface area contributed by atoms with Gasteiger partial charge in [-0.3, -0.25) is 28.7 Å². The van der Waals surface area contributed by atoms with Gasteiger partial charge in [-0.1, -0.05) is 58.4 Å². The lowest BCUT2D eigenvalue weighted by Gasteiger charge is -2.31. The highest BCUT2D eigenvalue weighted by Gasteiger charge is 2.45. The number of carbonyl (C=O) groups excluding carboxylic acids is 5. The molecule has 8 rings (SSSR count). The monoisotopic (exact) mass is 1120 g/mol. The molecule has 0 radical (unpaired) electrons. The van der Waals surface area contributed by atoms with Crippen molar-refractivity contribution < 1.29 is 48.0 Å². The summed E-state index contributed by atoms with van der Waals surface area (Å²) in [6.45, 7) is 12.4. The van der Waals surface area contributed by atoms with Gasteiger partial charge in [0.15, 0.2) is 21.9 Å². The predicted molar refractivity (Wildman–Crippen MR) is 298 cm³/mol. The van der Waals surface area contributed by atoms with Crippen LogP contribution in [-0.4, -0.2) is 133 Å². The SMILES string of the molecule is CCCN(CCC)CCCC[C@H](NC(=O)[C@@H](NC(=O)CCCCCn1cc(-c2cnc(=S)[nH]c2)nn1)C(C)C)C(=O)NCC(=O)NCOC/C=C/c1c2c(nc3cc4c(cc13)OCO4)-c1cc3c(c(=O)n1C2)COC(=O)[C@]3(O)CC. The number of amides is 4. The van der Waals surface area contributed by atoms with Gasteiger partial charge >= 0.3 is 5.97 Å². The fourth-order valence-corrected chi connectivity index (χ4v) is 10.3. The Bertz CT molecular complexity index is 3200. The van der Waals surface area contributed by atoms with Crippen LogP contribution in [0.1, 0.15) is 121 Å². The number of pyridine rings is 2. The molecule has 0 spiro atoms. The number of aliphatic hydroxyl groups is 1. The van der Waals surface area contributed by atoms with Crippen LogP contribution in [0.5, 0.6) is 11.5 Å². The van der Waals surface area contributed by atoms with E-state index in [1.807, 2.05) is 32.2 Å². The van der Waals surface area contributed by atoms with E-state index in [4.69, 9.17) is 36.1 Å². The molecule has 5 aromatic rings. The van der Waals surface area contributed by atoms with Gasteiger partial charge in [0, 0.05) is 53.5 Å². The number of fused-ring (bicyclic) bond motifs is 6. The number of cyclic esters (lactones) is 1. The van der Waals surface area contributed by atoms with Gasteiger partial charge in [-0.05, 0) is 107 Å². The number of esters is 1. The van der Waals surface area contributed by atoms with Crippen molar-refractivity contribution in [1.29, 1.82) is 0 Å². The smallest absolute Gasteiger partial charge is 0.343 e. The Balaban J connectivity index is 0.842. The maximum Gasteiger partial charge on any atom is 0.343 e. The molecule has 0 saturated heterocycles. The van der Waals surface area contributed by atoms with E-state index in [-0.39, 0.29) is 81.2 Å². The second-order valence-corrected chi connectivity index (χ2v) is 21.0. The number of aromatic nitrogens is 7. The summed E-state index contributed by atoms with van der Waals surface area (Å²) in [5.41, 5.74) is 2.46. The lowest BCUT2D eigenvalue weighted by molar-refractivity contribution is -0.172. The normalized spacial score (nSPS) is 15.9. The second-order valence-electron chi connectivity index (χ2n) is 20.6. The van der Waals surface area contributed by atoms with E-state index in [0.717, 1.165) is 73.8 Å². The van der Waals surface area contributed by atoms with Crippen LogP contribution in [0.15, 0.2) is 47.7 Å². The van der Waals surface area contributed by atoms with Gasteiger partial charge in [-0.15, -0.1) is 5.10 Å². The maximum absolute atomic E-state index is 13.9. The Hall–Kier alpha value is -7.41. The topological polar surface area (TPSA) is 288 Å². The molecule has 6 N–H and O–H groups in total. The highest BCUT2D eigenvalue weighted by Crippen LogP contribution is 2.43. The molecular formula is C56H72N12O11S. The Morgan fingerprint density at radius 3 is 2.46 bits per heavy atom. The molecule has 4 aromatic heterocycles. The highest BCUT2D eigenvalue weighted by atomic mass is 32.1. The lowest BCUT2D eigenvalue weighted by atomic mass is 9.86. The van der Waals surface area contributed by atoms with E-state index in [1.165, 1.54) is 0 Å². The summed E-state index contributed by atoms with van der Waals surface area (Å²) in [5, 5.41) is 31.6. The fraction of sp³-hybridized carbons (Fsp3) is 0.518. The molecule has 24 heteroatoms. The zero-order chi connectivity index (χ0) is 56.9. The number of carbonyl (C=O) groups is 5. The van der Waals surface area contributed by atoms with Gasteiger partial charge in [-0.25, -0.2) is 14.8 Å². The highest BCUT2D eigenvalue weighted by molar-refractivity contribution is 7.71. The van der Waals surface area contributed by atoms with Crippen LogP contribution in [0.25, 0.3) is 39.6 Å². The number of unbranched alkanes of at least 4 members (excludes halogenated alkanes) is 3. The standard InChI is InChI=1S/C56H72N12O11S/c1-6-18-66(19-7-2)20-13-11-16-41(62-52(72)49(34(4)5)63-47(69)17-10-9-12-21-67-30-43(64-65-67)35-26-58-55(80)59-27-35)51(71)57-28-48(70)60-32-76-22-14-15-36-37-23-45-46(79-33-78-45)25-42(37)61-50-38(36)29-68-44(50)24-40-39(53(68)73)31-77-54(74)56(40,75)8-3/h14-15,23-27,30,34,41,49,75H,6-13,16-22,28-29,31-33H2,1-5H3,(H,57,71)(H,60,70)(H,62,72)(H,63,69)(H,58,59,80)/b15-14+/t41-,49-,56-/m0/s1. The zero-order valence-corrected chi connectivity index (χ0v) is 46.9. The van der Waals surface area contributed by atoms with Crippen LogP contribution in [0, 0.1) is 10.7 Å². The van der Waals surface area contributed by atoms with E-state index in [1.54, 1.807) is 46.8 Å². The zero-order valence-electron chi connectivity index (χ0n) is 46.1. The van der Waals surface area contributed by atoms with Crippen molar-refractivity contribution in [3.8, 4) is 34.1 Å². The Labute approximate surface area is 468 Å². The summed E-state index contributed by atoms with van der Waals surface area (Å²) in [5.74, 6) is -1.84. The molecule has 0 aliphatic carbocycles. The average Bonchev–Trinajstić information content (AvgIpc) is 4.40. The first-order valence-electron chi connectivity index (χ1n) is 27.6. The summed E-state index contributed by atoms with van der Waals surface area (Å²) >= 11 is 5.02. The molecular weight excluding hydrogens is 1050 g/mol. The van der Waals surface area contributed by atoms with Crippen LogP contribution >= 0.6 is 12.2 Å². The van der Waals surface area contributed by atoms with Crippen molar-refractivity contribution >= 4 is 58.8 Å². The minimum absolute atomic E-state index is 0.0108. The van der Waals surface area contributed by atoms with Gasteiger partial charge in [0.2, 0.25) is 30.4 Å². The van der Waals surface area contributed by atoms with Gasteiger partial charge in [0.05, 0.1) is 48.4 Å². The first-order chi connectivity index (χ1) is 38.6. The molecule has 7 heterocycles. The predicted octanol–water partition coefficient (Wildman–Crippen LogP) is 4.92. The van der Waals surface area contributed by atoms with Crippen LogP contribution < -0.4 is 36.3 Å². The summed E-state index contributed by atoms with van der Waals surface area (Å²) in [7, 11) is 0. The number of aryl methyl sites for hydroxylation is 1. The molecule has 3 aliphatic rings. The molecule has 0 saturated carbocycles. The van der Waals surface area contributed by atoms with E-state index in [2.05, 4.69) is 60.3 Å². The summed E-state index contributed by atoms with van der Waals surface area (Å²) < 4.78 is 26.1. The van der Waals surface area contributed by atoms with Crippen LogP contribution in [0.4, 0.5) is 0 Å². The molecule has 0 unspecified atom stereocenters. The number of benzene rings is 1. The van der Waals surface area contributed by atoms with Crippen LogP contribution in [0.3, 0.4) is 0 Å². The van der Waals surface area contributed by atoms with Crippen molar-refractivity contribution in [3.63, 3.8) is 0 Å². The molecule has 0 bridgehead atoms. The third-order valence-electron chi connectivity index (χ3n) is 14.5. The molecule has 0 fully saturated rings. The summed E-state index contributed by atoms with van der Waals surface area (Å²) in [6.07, 6.45) is 14.9. The van der Waals surface area contributed by atoms with Crippen molar-refractivity contribution in [2.75, 3.05) is 46.3 Å². The second kappa shape index (κ2) is 27.2.